The molecule has 2 nitrogen and oxygen atoms in total. The molecule has 0 amide bonds. The van der Waals surface area contributed by atoms with Crippen LogP contribution in [-0.2, 0) is 11.2 Å². The first-order valence-corrected chi connectivity index (χ1v) is 7.28. The number of ketones is 1. The molecule has 1 aromatic rings. The normalized spacial score (nSPS) is 31.7. The number of phenolic OH excluding ortho intramolecular Hbond substituents is 1. The van der Waals surface area contributed by atoms with E-state index in [1.54, 1.807) is 6.07 Å². The van der Waals surface area contributed by atoms with Gasteiger partial charge in [-0.15, -0.1) is 0 Å². The van der Waals surface area contributed by atoms with Crippen molar-refractivity contribution in [1.29, 1.82) is 0 Å². The predicted octanol–water partition coefficient (Wildman–Crippen LogP) is 3.56. The van der Waals surface area contributed by atoms with E-state index in [2.05, 4.69) is 15.9 Å². The van der Waals surface area contributed by atoms with Crippen LogP contribution in [0.25, 0.3) is 5.57 Å². The molecular formula is C15H12BrFO2. The van der Waals surface area contributed by atoms with Crippen LogP contribution in [0.4, 0.5) is 4.39 Å². The highest BCUT2D eigenvalue weighted by molar-refractivity contribution is 9.12. The minimum Gasteiger partial charge on any atom is -0.505 e. The molecule has 3 aliphatic rings. The second kappa shape index (κ2) is 3.48. The Morgan fingerprint density at radius 3 is 3.00 bits per heavy atom. The number of phenols is 1. The zero-order chi connectivity index (χ0) is 13.4. The van der Waals surface area contributed by atoms with Crippen LogP contribution in [0.15, 0.2) is 16.6 Å². The largest absolute Gasteiger partial charge is 0.505 e. The van der Waals surface area contributed by atoms with Crippen molar-refractivity contribution in [3.05, 3.63) is 33.6 Å². The maximum Gasteiger partial charge on any atom is 0.173 e. The van der Waals surface area contributed by atoms with Crippen molar-refractivity contribution < 1.29 is 14.3 Å². The fraction of sp³-hybridized carbons (Fsp3) is 0.400. The third-order valence-electron chi connectivity index (χ3n) is 4.95. The lowest BCUT2D eigenvalue weighted by molar-refractivity contribution is -0.118. The molecule has 3 aliphatic carbocycles. The molecule has 0 aromatic heterocycles. The van der Waals surface area contributed by atoms with Crippen LogP contribution in [-0.4, -0.2) is 10.9 Å². The van der Waals surface area contributed by atoms with Gasteiger partial charge in [0.1, 0.15) is 0 Å². The molecule has 1 spiro atoms. The Labute approximate surface area is 118 Å². The molecule has 1 fully saturated rings. The van der Waals surface area contributed by atoms with Crippen LogP contribution in [0, 0.1) is 17.2 Å². The molecule has 19 heavy (non-hydrogen) atoms. The van der Waals surface area contributed by atoms with Crippen LogP contribution in [0.3, 0.4) is 0 Å². The number of carbonyl (C=O) groups excluding carboxylic acids is 1. The SMILES string of the molecule is O=C1C(Br)=C2c3ccc(O)c(F)c3C[C@]23CC[C@@H]1C3. The van der Waals surface area contributed by atoms with Crippen molar-refractivity contribution in [1.82, 2.24) is 0 Å². The van der Waals surface area contributed by atoms with E-state index in [9.17, 15) is 14.3 Å². The number of aromatic hydroxyl groups is 1. The van der Waals surface area contributed by atoms with E-state index in [-0.39, 0.29) is 22.9 Å². The van der Waals surface area contributed by atoms with Crippen molar-refractivity contribution >= 4 is 27.3 Å². The molecule has 2 atom stereocenters. The van der Waals surface area contributed by atoms with Gasteiger partial charge >= 0.3 is 0 Å². The summed E-state index contributed by atoms with van der Waals surface area (Å²) in [6.45, 7) is 0. The van der Waals surface area contributed by atoms with Gasteiger partial charge in [-0.3, -0.25) is 4.79 Å². The Morgan fingerprint density at radius 1 is 1.42 bits per heavy atom. The van der Waals surface area contributed by atoms with Crippen LogP contribution in [0.1, 0.15) is 30.4 Å². The lowest BCUT2D eigenvalue weighted by atomic mass is 9.74. The second-order valence-corrected chi connectivity index (χ2v) is 6.67. The van der Waals surface area contributed by atoms with Gasteiger partial charge in [0.2, 0.25) is 0 Å². The fourth-order valence-electron chi connectivity index (χ4n) is 4.12. The van der Waals surface area contributed by atoms with Gasteiger partial charge in [0.25, 0.3) is 0 Å². The van der Waals surface area contributed by atoms with E-state index in [4.69, 9.17) is 0 Å². The lowest BCUT2D eigenvalue weighted by Gasteiger charge is -2.30. The number of benzene rings is 1. The first-order chi connectivity index (χ1) is 9.03. The Bertz CT molecular complexity index is 664. The number of fused-ring (bicyclic) bond motifs is 3. The molecule has 0 radical (unpaired) electrons. The van der Waals surface area contributed by atoms with Gasteiger partial charge in [-0.2, -0.15) is 0 Å². The monoisotopic (exact) mass is 322 g/mol. The van der Waals surface area contributed by atoms with Crippen LogP contribution >= 0.6 is 15.9 Å². The Balaban J connectivity index is 2.03. The summed E-state index contributed by atoms with van der Waals surface area (Å²) in [4.78, 5) is 12.2. The first-order valence-electron chi connectivity index (χ1n) is 6.49. The maximum atomic E-state index is 14.1. The molecule has 0 heterocycles. The van der Waals surface area contributed by atoms with Gasteiger partial charge in [0.15, 0.2) is 17.3 Å². The predicted molar refractivity (Wildman–Crippen MR) is 72.4 cm³/mol. The second-order valence-electron chi connectivity index (χ2n) is 5.87. The topological polar surface area (TPSA) is 37.3 Å². The van der Waals surface area contributed by atoms with Crippen LogP contribution in [0.5, 0.6) is 5.75 Å². The van der Waals surface area contributed by atoms with E-state index >= 15 is 0 Å². The van der Waals surface area contributed by atoms with E-state index in [1.165, 1.54) is 6.07 Å². The van der Waals surface area contributed by atoms with Gasteiger partial charge in [-0.1, -0.05) is 6.07 Å². The van der Waals surface area contributed by atoms with Crippen molar-refractivity contribution in [2.45, 2.75) is 25.7 Å². The Hall–Kier alpha value is -1.16. The number of rotatable bonds is 0. The van der Waals surface area contributed by atoms with E-state index in [0.29, 0.717) is 16.5 Å². The molecule has 2 bridgehead atoms. The van der Waals surface area contributed by atoms with Crippen molar-refractivity contribution in [3.8, 4) is 5.75 Å². The first kappa shape index (κ1) is 11.6. The van der Waals surface area contributed by atoms with E-state index in [1.807, 2.05) is 0 Å². The molecule has 4 rings (SSSR count). The molecule has 98 valence electrons. The highest BCUT2D eigenvalue weighted by atomic mass is 79.9. The average Bonchev–Trinajstić information content (AvgIpc) is 2.93. The molecular weight excluding hydrogens is 311 g/mol. The Kier molecular flexibility index (Phi) is 2.13. The highest BCUT2D eigenvalue weighted by Crippen LogP contribution is 2.63. The molecule has 0 saturated heterocycles. The smallest absolute Gasteiger partial charge is 0.173 e. The van der Waals surface area contributed by atoms with Crippen molar-refractivity contribution in [2.75, 3.05) is 0 Å². The average molecular weight is 323 g/mol. The highest BCUT2D eigenvalue weighted by Gasteiger charge is 2.54. The van der Waals surface area contributed by atoms with Crippen LogP contribution < -0.4 is 0 Å². The number of carbonyl (C=O) groups is 1. The number of halogens is 2. The molecule has 0 aliphatic heterocycles. The quantitative estimate of drug-likeness (QED) is 0.793. The number of hydrogen-bond acceptors (Lipinski definition) is 2. The summed E-state index contributed by atoms with van der Waals surface area (Å²) in [7, 11) is 0. The van der Waals surface area contributed by atoms with Gasteiger partial charge < -0.3 is 5.11 Å². The molecule has 0 unspecified atom stereocenters. The molecule has 1 aromatic carbocycles. The lowest BCUT2D eigenvalue weighted by Crippen LogP contribution is -2.25. The number of Topliss-reactive ketones (excluding diaryl/α,β-unsaturated/α-hetero) is 1. The maximum absolute atomic E-state index is 14.1. The standard InChI is InChI=1S/C15H12BrFO2/c16-12-11-8-1-2-10(18)13(17)9(8)6-15(11)4-3-7(5-15)14(12)19/h1-2,7,18H,3-6H2/t7-,15-/m1/s1. The molecule has 4 heteroatoms. The minimum absolute atomic E-state index is 0.0871. The summed E-state index contributed by atoms with van der Waals surface area (Å²) in [6, 6.07) is 3.12. The van der Waals surface area contributed by atoms with Crippen molar-refractivity contribution in [2.24, 2.45) is 11.3 Å². The van der Waals surface area contributed by atoms with Gasteiger partial charge in [-0.25, -0.2) is 4.39 Å². The third-order valence-corrected chi connectivity index (χ3v) is 5.74. The van der Waals surface area contributed by atoms with Gasteiger partial charge in [0, 0.05) is 16.9 Å². The van der Waals surface area contributed by atoms with Crippen LogP contribution in [0.2, 0.25) is 0 Å². The minimum atomic E-state index is -0.523. The van der Waals surface area contributed by atoms with Gasteiger partial charge in [-0.05, 0) is 58.8 Å². The van der Waals surface area contributed by atoms with Gasteiger partial charge in [0.05, 0.1) is 4.48 Å². The van der Waals surface area contributed by atoms with Crippen molar-refractivity contribution in [3.63, 3.8) is 0 Å². The summed E-state index contributed by atoms with van der Waals surface area (Å²) in [5, 5.41) is 9.53. The molecule has 1 N–H and O–H groups in total. The third kappa shape index (κ3) is 1.28. The zero-order valence-electron chi connectivity index (χ0n) is 10.2. The Morgan fingerprint density at radius 2 is 2.21 bits per heavy atom. The number of hydrogen-bond donors (Lipinski definition) is 1. The van der Waals surface area contributed by atoms with E-state index < -0.39 is 5.82 Å². The summed E-state index contributed by atoms with van der Waals surface area (Å²) >= 11 is 3.43. The van der Waals surface area contributed by atoms with E-state index in [0.717, 1.165) is 30.4 Å². The molecule has 1 saturated carbocycles. The summed E-state index contributed by atoms with van der Waals surface area (Å²) < 4.78 is 14.7. The summed E-state index contributed by atoms with van der Waals surface area (Å²) in [6.07, 6.45) is 3.25. The zero-order valence-corrected chi connectivity index (χ0v) is 11.8. The summed E-state index contributed by atoms with van der Waals surface area (Å²) in [5.74, 6) is -0.579. The fourth-order valence-corrected chi connectivity index (χ4v) is 5.08. The summed E-state index contributed by atoms with van der Waals surface area (Å²) in [5.41, 5.74) is 2.26. The number of allylic oxidation sites excluding steroid dienone is 2.